The van der Waals surface area contributed by atoms with E-state index in [2.05, 4.69) is 26.2 Å². The van der Waals surface area contributed by atoms with Gasteiger partial charge >= 0.3 is 0 Å². The molecule has 0 radical (unpaired) electrons. The molecule has 0 bridgehead atoms. The molecule has 1 unspecified atom stereocenters. The summed E-state index contributed by atoms with van der Waals surface area (Å²) in [6, 6.07) is 9.11. The third-order valence-corrected chi connectivity index (χ3v) is 3.92. The zero-order valence-electron chi connectivity index (χ0n) is 14.4. The zero-order chi connectivity index (χ0) is 18.2. The quantitative estimate of drug-likeness (QED) is 0.675. The highest BCUT2D eigenvalue weighted by atomic mass is 79.9. The molecule has 2 rings (SSSR count). The van der Waals surface area contributed by atoms with Crippen LogP contribution in [0.1, 0.15) is 12.5 Å². The third-order valence-electron chi connectivity index (χ3n) is 3.30. The lowest BCUT2D eigenvalue weighted by molar-refractivity contribution is -0.122. The number of pyridine rings is 1. The number of rotatable bonds is 8. The van der Waals surface area contributed by atoms with E-state index >= 15 is 0 Å². The van der Waals surface area contributed by atoms with Gasteiger partial charge in [-0.25, -0.2) is 4.98 Å². The van der Waals surface area contributed by atoms with Crippen LogP contribution in [0, 0.1) is 6.92 Å². The van der Waals surface area contributed by atoms with Crippen LogP contribution in [0.3, 0.4) is 0 Å². The van der Waals surface area contributed by atoms with Gasteiger partial charge < -0.3 is 19.5 Å². The molecule has 7 heteroatoms. The van der Waals surface area contributed by atoms with Crippen molar-refractivity contribution >= 4 is 27.5 Å². The van der Waals surface area contributed by atoms with E-state index in [0.29, 0.717) is 30.5 Å². The molecule has 2 aromatic rings. The number of nitrogens with one attached hydrogen (secondary N) is 1. The van der Waals surface area contributed by atoms with Crippen molar-refractivity contribution in [2.45, 2.75) is 20.0 Å². The predicted octanol–water partition coefficient (Wildman–Crippen LogP) is 3.58. The van der Waals surface area contributed by atoms with Gasteiger partial charge in [-0.1, -0.05) is 6.07 Å². The number of carbonyl (C=O) groups is 1. The van der Waals surface area contributed by atoms with Gasteiger partial charge in [0.05, 0.1) is 23.0 Å². The van der Waals surface area contributed by atoms with Crippen LogP contribution in [0.15, 0.2) is 41.0 Å². The second kappa shape index (κ2) is 9.39. The SMILES string of the molecule is COCCOc1ccc(NC(=O)C(C)Oc2ccc(C)cc2Br)cn1. The zero-order valence-corrected chi connectivity index (χ0v) is 16.0. The number of anilines is 1. The molecule has 1 atom stereocenters. The molecule has 1 aromatic heterocycles. The number of halogens is 1. The number of benzene rings is 1. The molecular weight excluding hydrogens is 388 g/mol. The molecular formula is C18H21BrN2O4. The van der Waals surface area contributed by atoms with Gasteiger partial charge in [0.15, 0.2) is 6.10 Å². The lowest BCUT2D eigenvalue weighted by atomic mass is 10.2. The van der Waals surface area contributed by atoms with E-state index in [1.54, 1.807) is 26.2 Å². The van der Waals surface area contributed by atoms with Gasteiger partial charge in [0.2, 0.25) is 5.88 Å². The van der Waals surface area contributed by atoms with Crippen LogP contribution in [0.5, 0.6) is 11.6 Å². The molecule has 0 fully saturated rings. The van der Waals surface area contributed by atoms with Gasteiger partial charge in [-0.15, -0.1) is 0 Å². The number of amides is 1. The Hall–Kier alpha value is -2.12. The van der Waals surface area contributed by atoms with Crippen LogP contribution in [-0.2, 0) is 9.53 Å². The standard InChI is InChI=1S/C18H21BrN2O4/c1-12-4-6-16(15(19)10-12)25-13(2)18(22)21-14-5-7-17(20-11-14)24-9-8-23-3/h4-7,10-11,13H,8-9H2,1-3H3,(H,21,22). The van der Waals surface area contributed by atoms with E-state index in [9.17, 15) is 4.79 Å². The minimum Gasteiger partial charge on any atom is -0.480 e. The number of aryl methyl sites for hydroxylation is 1. The monoisotopic (exact) mass is 408 g/mol. The Morgan fingerprint density at radius 1 is 1.28 bits per heavy atom. The molecule has 0 saturated heterocycles. The fraction of sp³-hybridized carbons (Fsp3) is 0.333. The molecule has 134 valence electrons. The average Bonchev–Trinajstić information content (AvgIpc) is 2.59. The van der Waals surface area contributed by atoms with Crippen molar-refractivity contribution in [3.05, 3.63) is 46.6 Å². The molecule has 0 spiro atoms. The van der Waals surface area contributed by atoms with Crippen LogP contribution in [0.25, 0.3) is 0 Å². The van der Waals surface area contributed by atoms with Gasteiger partial charge in [-0.05, 0) is 53.5 Å². The number of aromatic nitrogens is 1. The lowest BCUT2D eigenvalue weighted by Gasteiger charge is -2.16. The summed E-state index contributed by atoms with van der Waals surface area (Å²) >= 11 is 3.44. The molecule has 0 aliphatic rings. The largest absolute Gasteiger partial charge is 0.480 e. The Bertz CT molecular complexity index is 707. The van der Waals surface area contributed by atoms with Crippen LogP contribution >= 0.6 is 15.9 Å². The first-order valence-corrected chi connectivity index (χ1v) is 8.60. The minimum atomic E-state index is -0.656. The van der Waals surface area contributed by atoms with E-state index < -0.39 is 6.10 Å². The maximum atomic E-state index is 12.3. The first-order chi connectivity index (χ1) is 12.0. The summed E-state index contributed by atoms with van der Waals surface area (Å²) in [5.41, 5.74) is 1.68. The topological polar surface area (TPSA) is 69.7 Å². The Kier molecular flexibility index (Phi) is 7.21. The van der Waals surface area contributed by atoms with Gasteiger partial charge in [0.1, 0.15) is 12.4 Å². The highest BCUT2D eigenvalue weighted by Gasteiger charge is 2.16. The molecule has 0 saturated carbocycles. The van der Waals surface area contributed by atoms with Crippen molar-refractivity contribution in [3.8, 4) is 11.6 Å². The van der Waals surface area contributed by atoms with Crippen molar-refractivity contribution < 1.29 is 19.0 Å². The van der Waals surface area contributed by atoms with Crippen molar-refractivity contribution in [1.82, 2.24) is 4.98 Å². The summed E-state index contributed by atoms with van der Waals surface area (Å²) in [5, 5.41) is 2.77. The average molecular weight is 409 g/mol. The van der Waals surface area contributed by atoms with Crippen molar-refractivity contribution in [2.75, 3.05) is 25.6 Å². The van der Waals surface area contributed by atoms with Gasteiger partial charge in [0.25, 0.3) is 5.91 Å². The van der Waals surface area contributed by atoms with Crippen molar-refractivity contribution in [3.63, 3.8) is 0 Å². The first kappa shape index (κ1) is 19.2. The predicted molar refractivity (Wildman–Crippen MR) is 99.2 cm³/mol. The maximum Gasteiger partial charge on any atom is 0.265 e. The van der Waals surface area contributed by atoms with Gasteiger partial charge in [-0.3, -0.25) is 4.79 Å². The second-order valence-electron chi connectivity index (χ2n) is 5.41. The number of hydrogen-bond acceptors (Lipinski definition) is 5. The van der Waals surface area contributed by atoms with E-state index in [-0.39, 0.29) is 5.91 Å². The summed E-state index contributed by atoms with van der Waals surface area (Å²) in [6.45, 7) is 4.59. The molecule has 25 heavy (non-hydrogen) atoms. The van der Waals surface area contributed by atoms with E-state index in [1.807, 2.05) is 25.1 Å². The van der Waals surface area contributed by atoms with Crippen molar-refractivity contribution in [2.24, 2.45) is 0 Å². The fourth-order valence-electron chi connectivity index (χ4n) is 1.96. The van der Waals surface area contributed by atoms with Crippen LogP contribution in [0.2, 0.25) is 0 Å². The maximum absolute atomic E-state index is 12.3. The van der Waals surface area contributed by atoms with Crippen LogP contribution in [-0.4, -0.2) is 37.3 Å². The summed E-state index contributed by atoms with van der Waals surface area (Å²) < 4.78 is 16.8. The molecule has 6 nitrogen and oxygen atoms in total. The highest BCUT2D eigenvalue weighted by molar-refractivity contribution is 9.10. The lowest BCUT2D eigenvalue weighted by Crippen LogP contribution is -2.30. The number of ether oxygens (including phenoxy) is 3. The van der Waals surface area contributed by atoms with Crippen molar-refractivity contribution in [1.29, 1.82) is 0 Å². The fourth-order valence-corrected chi connectivity index (χ4v) is 2.55. The summed E-state index contributed by atoms with van der Waals surface area (Å²) in [5.74, 6) is 0.832. The number of nitrogens with zero attached hydrogens (tertiary/aromatic N) is 1. The van der Waals surface area contributed by atoms with Crippen LogP contribution < -0.4 is 14.8 Å². The number of methoxy groups -OCH3 is 1. The Morgan fingerprint density at radius 2 is 2.08 bits per heavy atom. The second-order valence-corrected chi connectivity index (χ2v) is 6.26. The van der Waals surface area contributed by atoms with Gasteiger partial charge in [-0.2, -0.15) is 0 Å². The normalized spacial score (nSPS) is 11.7. The number of hydrogen-bond donors (Lipinski definition) is 1. The van der Waals surface area contributed by atoms with Gasteiger partial charge in [0, 0.05) is 13.2 Å². The Morgan fingerprint density at radius 3 is 2.72 bits per heavy atom. The Labute approximate surface area is 155 Å². The summed E-state index contributed by atoms with van der Waals surface area (Å²) in [6.07, 6.45) is 0.880. The first-order valence-electron chi connectivity index (χ1n) is 7.81. The molecule has 1 aromatic carbocycles. The third kappa shape index (κ3) is 6.03. The minimum absolute atomic E-state index is 0.262. The van der Waals surface area contributed by atoms with E-state index in [4.69, 9.17) is 14.2 Å². The molecule has 1 heterocycles. The Balaban J connectivity index is 1.89. The summed E-state index contributed by atoms with van der Waals surface area (Å²) in [7, 11) is 1.60. The molecule has 1 N–H and O–H groups in total. The smallest absolute Gasteiger partial charge is 0.265 e. The highest BCUT2D eigenvalue weighted by Crippen LogP contribution is 2.26. The van der Waals surface area contributed by atoms with Crippen LogP contribution in [0.4, 0.5) is 5.69 Å². The van der Waals surface area contributed by atoms with E-state index in [0.717, 1.165) is 10.0 Å². The molecule has 0 aliphatic carbocycles. The van der Waals surface area contributed by atoms with E-state index in [1.165, 1.54) is 6.20 Å². The summed E-state index contributed by atoms with van der Waals surface area (Å²) in [4.78, 5) is 16.4. The number of carbonyl (C=O) groups excluding carboxylic acids is 1. The molecule has 0 aliphatic heterocycles. The molecule has 1 amide bonds.